The van der Waals surface area contributed by atoms with E-state index in [1.54, 1.807) is 36.3 Å². The highest BCUT2D eigenvalue weighted by Gasteiger charge is 2.30. The summed E-state index contributed by atoms with van der Waals surface area (Å²) in [5.41, 5.74) is 8.19. The SMILES string of the molecule is CC(=O)N1CC(COC(=O)N(C)c2cc(-c3cccs3)ccc2N)C1. The van der Waals surface area contributed by atoms with Crippen LogP contribution in [0.4, 0.5) is 16.2 Å². The molecule has 7 heteroatoms. The van der Waals surface area contributed by atoms with Crippen LogP contribution >= 0.6 is 11.3 Å². The van der Waals surface area contributed by atoms with E-state index < -0.39 is 6.09 Å². The monoisotopic (exact) mass is 359 g/mol. The third-order valence-electron chi connectivity index (χ3n) is 4.32. The maximum atomic E-state index is 12.3. The van der Waals surface area contributed by atoms with Crippen molar-refractivity contribution in [1.82, 2.24) is 4.90 Å². The lowest BCUT2D eigenvalue weighted by atomic mass is 10.0. The summed E-state index contributed by atoms with van der Waals surface area (Å²) in [6.07, 6.45) is -0.448. The molecule has 2 amide bonds. The van der Waals surface area contributed by atoms with Crippen LogP contribution in [0.1, 0.15) is 6.92 Å². The van der Waals surface area contributed by atoms with Gasteiger partial charge in [0.2, 0.25) is 5.91 Å². The Hall–Kier alpha value is -2.54. The summed E-state index contributed by atoms with van der Waals surface area (Å²) < 4.78 is 5.37. The van der Waals surface area contributed by atoms with Crippen molar-refractivity contribution in [1.29, 1.82) is 0 Å². The van der Waals surface area contributed by atoms with Crippen LogP contribution < -0.4 is 10.6 Å². The standard InChI is InChI=1S/C18H21N3O3S/c1-12(22)21-9-13(10-21)11-24-18(23)20(2)16-8-14(5-6-15(16)19)17-4-3-7-25-17/h3-8,13H,9-11,19H2,1-2H3. The second-order valence-electron chi connectivity index (χ2n) is 6.18. The van der Waals surface area contributed by atoms with Crippen LogP contribution in [0.3, 0.4) is 0 Å². The molecule has 1 fully saturated rings. The van der Waals surface area contributed by atoms with Crippen molar-refractivity contribution in [2.45, 2.75) is 6.92 Å². The van der Waals surface area contributed by atoms with Crippen molar-refractivity contribution in [3.05, 3.63) is 35.7 Å². The first-order valence-corrected chi connectivity index (χ1v) is 8.93. The first kappa shape index (κ1) is 17.3. The summed E-state index contributed by atoms with van der Waals surface area (Å²) in [5, 5.41) is 2.01. The molecule has 0 aliphatic carbocycles. The van der Waals surface area contributed by atoms with E-state index in [1.165, 1.54) is 4.90 Å². The van der Waals surface area contributed by atoms with Crippen molar-refractivity contribution < 1.29 is 14.3 Å². The predicted octanol–water partition coefficient (Wildman–Crippen LogP) is 3.05. The highest BCUT2D eigenvalue weighted by atomic mass is 32.1. The minimum atomic E-state index is -0.448. The van der Waals surface area contributed by atoms with Gasteiger partial charge >= 0.3 is 6.09 Å². The molecule has 2 aromatic rings. The maximum Gasteiger partial charge on any atom is 0.414 e. The highest BCUT2D eigenvalue weighted by Crippen LogP contribution is 2.32. The van der Waals surface area contributed by atoms with Crippen LogP contribution in [0.25, 0.3) is 10.4 Å². The number of nitrogens with zero attached hydrogens (tertiary/aromatic N) is 2. The first-order chi connectivity index (χ1) is 12.0. The largest absolute Gasteiger partial charge is 0.449 e. The van der Waals surface area contributed by atoms with Crippen molar-refractivity contribution in [2.24, 2.45) is 5.92 Å². The molecule has 0 radical (unpaired) electrons. The van der Waals surface area contributed by atoms with Gasteiger partial charge in [-0.15, -0.1) is 11.3 Å². The molecule has 6 nitrogen and oxygen atoms in total. The molecular formula is C18H21N3O3S. The molecule has 25 heavy (non-hydrogen) atoms. The first-order valence-electron chi connectivity index (χ1n) is 8.05. The van der Waals surface area contributed by atoms with Gasteiger partial charge in [-0.2, -0.15) is 0 Å². The van der Waals surface area contributed by atoms with Gasteiger partial charge in [-0.3, -0.25) is 9.69 Å². The fourth-order valence-electron chi connectivity index (χ4n) is 2.75. The summed E-state index contributed by atoms with van der Waals surface area (Å²) in [7, 11) is 1.65. The van der Waals surface area contributed by atoms with Crippen LogP contribution in [0.15, 0.2) is 35.7 Å². The van der Waals surface area contributed by atoms with E-state index in [0.29, 0.717) is 31.1 Å². The van der Waals surface area contributed by atoms with Gasteiger partial charge in [-0.25, -0.2) is 4.79 Å². The number of nitrogen functional groups attached to an aromatic ring is 1. The molecule has 0 unspecified atom stereocenters. The summed E-state index contributed by atoms with van der Waals surface area (Å²) in [4.78, 5) is 27.8. The molecule has 1 saturated heterocycles. The van der Waals surface area contributed by atoms with Crippen LogP contribution in [0.5, 0.6) is 0 Å². The molecule has 3 rings (SSSR count). The number of thiophene rings is 1. The molecule has 132 valence electrons. The third-order valence-corrected chi connectivity index (χ3v) is 5.24. The lowest BCUT2D eigenvalue weighted by molar-refractivity contribution is -0.135. The van der Waals surface area contributed by atoms with Crippen LogP contribution in [0, 0.1) is 5.92 Å². The Labute approximate surface area is 150 Å². The normalized spacial score (nSPS) is 14.1. The summed E-state index contributed by atoms with van der Waals surface area (Å²) >= 11 is 1.63. The molecule has 0 saturated carbocycles. The number of amides is 2. The summed E-state index contributed by atoms with van der Waals surface area (Å²) in [6, 6.07) is 9.63. The van der Waals surface area contributed by atoms with E-state index in [-0.39, 0.29) is 11.8 Å². The number of benzene rings is 1. The predicted molar refractivity (Wildman–Crippen MR) is 99.7 cm³/mol. The smallest absolute Gasteiger partial charge is 0.414 e. The van der Waals surface area contributed by atoms with Crippen LogP contribution in [0.2, 0.25) is 0 Å². The molecule has 0 bridgehead atoms. The average molecular weight is 359 g/mol. The molecule has 2 heterocycles. The zero-order valence-electron chi connectivity index (χ0n) is 14.3. The van der Waals surface area contributed by atoms with Gasteiger partial charge < -0.3 is 15.4 Å². The van der Waals surface area contributed by atoms with Gasteiger partial charge in [0.1, 0.15) is 0 Å². The zero-order chi connectivity index (χ0) is 18.0. The van der Waals surface area contributed by atoms with E-state index >= 15 is 0 Å². The molecule has 0 spiro atoms. The van der Waals surface area contributed by atoms with Gasteiger partial charge in [-0.1, -0.05) is 12.1 Å². The number of anilines is 2. The molecular weight excluding hydrogens is 338 g/mol. The number of carbonyl (C=O) groups excluding carboxylic acids is 2. The second kappa shape index (κ2) is 7.14. The number of hydrogen-bond acceptors (Lipinski definition) is 5. The molecule has 2 N–H and O–H groups in total. The van der Waals surface area contributed by atoms with Crippen molar-refractivity contribution in [2.75, 3.05) is 37.4 Å². The van der Waals surface area contributed by atoms with Gasteiger partial charge in [0.05, 0.1) is 18.0 Å². The highest BCUT2D eigenvalue weighted by molar-refractivity contribution is 7.13. The average Bonchev–Trinajstić information content (AvgIpc) is 3.07. The Morgan fingerprint density at radius 3 is 2.76 bits per heavy atom. The number of carbonyl (C=O) groups is 2. The van der Waals surface area contributed by atoms with E-state index in [0.717, 1.165) is 10.4 Å². The van der Waals surface area contributed by atoms with E-state index in [2.05, 4.69) is 0 Å². The molecule has 1 aromatic carbocycles. The number of hydrogen-bond donors (Lipinski definition) is 1. The molecule has 1 aliphatic heterocycles. The Morgan fingerprint density at radius 1 is 1.36 bits per heavy atom. The third kappa shape index (κ3) is 3.76. The van der Waals surface area contributed by atoms with Crippen molar-refractivity contribution >= 4 is 34.7 Å². The second-order valence-corrected chi connectivity index (χ2v) is 7.12. The van der Waals surface area contributed by atoms with Gasteiger partial charge in [0, 0.05) is 37.9 Å². The fourth-order valence-corrected chi connectivity index (χ4v) is 3.47. The van der Waals surface area contributed by atoms with Crippen molar-refractivity contribution in [3.63, 3.8) is 0 Å². The lowest BCUT2D eigenvalue weighted by Gasteiger charge is -2.38. The Morgan fingerprint density at radius 2 is 2.12 bits per heavy atom. The lowest BCUT2D eigenvalue weighted by Crippen LogP contribution is -2.51. The minimum Gasteiger partial charge on any atom is -0.449 e. The number of nitrogens with two attached hydrogens (primary N) is 1. The van der Waals surface area contributed by atoms with E-state index in [1.807, 2.05) is 29.6 Å². The van der Waals surface area contributed by atoms with E-state index in [9.17, 15) is 9.59 Å². The van der Waals surface area contributed by atoms with Crippen LogP contribution in [-0.4, -0.2) is 43.6 Å². The number of rotatable bonds is 4. The summed E-state index contributed by atoms with van der Waals surface area (Å²) in [6.45, 7) is 3.13. The Bertz CT molecular complexity index is 770. The Balaban J connectivity index is 1.62. The quantitative estimate of drug-likeness (QED) is 0.852. The summed E-state index contributed by atoms with van der Waals surface area (Å²) in [5.74, 6) is 0.258. The van der Waals surface area contributed by atoms with Gasteiger partial charge in [0.15, 0.2) is 0 Å². The molecule has 0 atom stereocenters. The molecule has 1 aromatic heterocycles. The van der Waals surface area contributed by atoms with Crippen molar-refractivity contribution in [3.8, 4) is 10.4 Å². The zero-order valence-corrected chi connectivity index (χ0v) is 15.1. The number of ether oxygens (including phenoxy) is 1. The van der Waals surface area contributed by atoms with E-state index in [4.69, 9.17) is 10.5 Å². The molecule has 1 aliphatic rings. The van der Waals surface area contributed by atoms with Gasteiger partial charge in [0.25, 0.3) is 0 Å². The maximum absolute atomic E-state index is 12.3. The van der Waals surface area contributed by atoms with Crippen LogP contribution in [-0.2, 0) is 9.53 Å². The topological polar surface area (TPSA) is 75.9 Å². The van der Waals surface area contributed by atoms with Gasteiger partial charge in [-0.05, 0) is 29.1 Å². The number of likely N-dealkylation sites (tertiary alicyclic amines) is 1. The Kier molecular flexibility index (Phi) is 4.94. The fraction of sp³-hybridized carbons (Fsp3) is 0.333. The minimum absolute atomic E-state index is 0.0536.